The quantitative estimate of drug-likeness (QED) is 0.817. The van der Waals surface area contributed by atoms with Gasteiger partial charge in [0.05, 0.1) is 12.6 Å². The van der Waals surface area contributed by atoms with Gasteiger partial charge in [0.1, 0.15) is 5.15 Å². The number of hydrogen-bond donors (Lipinski definition) is 1. The third kappa shape index (κ3) is 4.80. The fraction of sp³-hybridized carbons (Fsp3) is 0.571. The van der Waals surface area contributed by atoms with Gasteiger partial charge in [0, 0.05) is 18.4 Å². The Balaban J connectivity index is 2.87. The maximum absolute atomic E-state index is 12.2. The van der Waals surface area contributed by atoms with Crippen molar-refractivity contribution in [2.75, 3.05) is 13.7 Å². The summed E-state index contributed by atoms with van der Waals surface area (Å²) in [6.07, 6.45) is 0.815. The van der Waals surface area contributed by atoms with Crippen molar-refractivity contribution in [1.82, 2.24) is 10.3 Å². The molecule has 19 heavy (non-hydrogen) atoms. The molecule has 1 unspecified atom stereocenters. The smallest absolute Gasteiger partial charge is 0.251 e. The Bertz CT molecular complexity index is 435. The highest BCUT2D eigenvalue weighted by Crippen LogP contribution is 2.17. The van der Waals surface area contributed by atoms with Gasteiger partial charge >= 0.3 is 0 Å². The average molecular weight is 285 g/mol. The van der Waals surface area contributed by atoms with Gasteiger partial charge in [-0.1, -0.05) is 32.4 Å². The molecule has 0 radical (unpaired) electrons. The molecule has 1 aromatic rings. The molecule has 0 aliphatic carbocycles. The summed E-state index contributed by atoms with van der Waals surface area (Å²) in [5, 5.41) is 3.27. The lowest BCUT2D eigenvalue weighted by atomic mass is 10.1. The highest BCUT2D eigenvalue weighted by atomic mass is 35.5. The number of carbonyl (C=O) groups is 1. The number of amides is 1. The molecule has 0 aliphatic rings. The van der Waals surface area contributed by atoms with Crippen LogP contribution < -0.4 is 5.32 Å². The molecule has 106 valence electrons. The van der Waals surface area contributed by atoms with Crippen molar-refractivity contribution in [3.8, 4) is 0 Å². The summed E-state index contributed by atoms with van der Waals surface area (Å²) >= 11 is 5.95. The first kappa shape index (κ1) is 15.9. The Morgan fingerprint density at radius 1 is 1.47 bits per heavy atom. The van der Waals surface area contributed by atoms with Crippen LogP contribution in [0.5, 0.6) is 0 Å². The number of rotatable bonds is 6. The van der Waals surface area contributed by atoms with E-state index in [1.165, 1.54) is 0 Å². The van der Waals surface area contributed by atoms with Gasteiger partial charge in [-0.05, 0) is 24.5 Å². The molecule has 0 spiro atoms. The summed E-state index contributed by atoms with van der Waals surface area (Å²) in [6, 6.07) is 3.38. The van der Waals surface area contributed by atoms with Crippen molar-refractivity contribution < 1.29 is 9.53 Å². The molecule has 0 bridgehead atoms. The van der Waals surface area contributed by atoms with E-state index in [-0.39, 0.29) is 17.9 Å². The maximum Gasteiger partial charge on any atom is 0.251 e. The molecule has 0 fully saturated rings. The zero-order valence-electron chi connectivity index (χ0n) is 11.9. The van der Waals surface area contributed by atoms with Gasteiger partial charge in [0.25, 0.3) is 5.91 Å². The van der Waals surface area contributed by atoms with E-state index in [0.717, 1.165) is 12.1 Å². The SMILES string of the molecule is CCC(COC)NC(=O)c1cc(Cl)nc(C(C)C)c1. The van der Waals surface area contributed by atoms with Crippen LogP contribution in [0.25, 0.3) is 0 Å². The third-order valence-corrected chi connectivity index (χ3v) is 3.06. The standard InChI is InChI=1S/C14H21ClN2O2/c1-5-11(8-19-4)16-14(18)10-6-12(9(2)3)17-13(15)7-10/h6-7,9,11H,5,8H2,1-4H3,(H,16,18). The second kappa shape index (κ2) is 7.46. The Labute approximate surface area is 119 Å². The predicted octanol–water partition coefficient (Wildman–Crippen LogP) is 3.01. The molecule has 1 rings (SSSR count). The second-order valence-electron chi connectivity index (χ2n) is 4.79. The largest absolute Gasteiger partial charge is 0.383 e. The van der Waals surface area contributed by atoms with Crippen LogP contribution in [0.15, 0.2) is 12.1 Å². The number of methoxy groups -OCH3 is 1. The lowest BCUT2D eigenvalue weighted by molar-refractivity contribution is 0.0894. The minimum absolute atomic E-state index is 0.00643. The van der Waals surface area contributed by atoms with Gasteiger partial charge in [0.2, 0.25) is 0 Å². The van der Waals surface area contributed by atoms with E-state index in [9.17, 15) is 4.79 Å². The van der Waals surface area contributed by atoms with Crippen LogP contribution in [-0.4, -0.2) is 30.6 Å². The lowest BCUT2D eigenvalue weighted by Crippen LogP contribution is -2.37. The van der Waals surface area contributed by atoms with Crippen LogP contribution in [0.3, 0.4) is 0 Å². The maximum atomic E-state index is 12.2. The van der Waals surface area contributed by atoms with E-state index in [2.05, 4.69) is 10.3 Å². The van der Waals surface area contributed by atoms with Gasteiger partial charge in [-0.25, -0.2) is 4.98 Å². The molecule has 1 atom stereocenters. The summed E-state index contributed by atoms with van der Waals surface area (Å²) in [4.78, 5) is 16.4. The predicted molar refractivity (Wildman–Crippen MR) is 76.8 cm³/mol. The first-order chi connectivity index (χ1) is 8.97. The average Bonchev–Trinajstić information content (AvgIpc) is 2.37. The monoisotopic (exact) mass is 284 g/mol. The summed E-state index contributed by atoms with van der Waals surface area (Å²) in [6.45, 7) is 6.53. The number of pyridine rings is 1. The summed E-state index contributed by atoms with van der Waals surface area (Å²) in [5.41, 5.74) is 1.36. The zero-order chi connectivity index (χ0) is 14.4. The van der Waals surface area contributed by atoms with Crippen LogP contribution in [0, 0.1) is 0 Å². The van der Waals surface area contributed by atoms with Gasteiger partial charge in [-0.3, -0.25) is 4.79 Å². The number of carbonyl (C=O) groups excluding carboxylic acids is 1. The Kier molecular flexibility index (Phi) is 6.25. The van der Waals surface area contributed by atoms with Crippen molar-refractivity contribution in [3.63, 3.8) is 0 Å². The Hall–Kier alpha value is -1.13. The van der Waals surface area contributed by atoms with Crippen LogP contribution in [0.4, 0.5) is 0 Å². The summed E-state index contributed by atoms with van der Waals surface area (Å²) in [5.74, 6) is 0.0845. The molecule has 0 aromatic carbocycles. The molecule has 1 amide bonds. The molecule has 5 heteroatoms. The van der Waals surface area contributed by atoms with E-state index in [0.29, 0.717) is 17.3 Å². The zero-order valence-corrected chi connectivity index (χ0v) is 12.6. The van der Waals surface area contributed by atoms with E-state index < -0.39 is 0 Å². The lowest BCUT2D eigenvalue weighted by Gasteiger charge is -2.16. The molecule has 4 nitrogen and oxygen atoms in total. The fourth-order valence-corrected chi connectivity index (χ4v) is 1.89. The Morgan fingerprint density at radius 3 is 2.68 bits per heavy atom. The molecule has 1 aromatic heterocycles. The normalized spacial score (nSPS) is 12.5. The summed E-state index contributed by atoms with van der Waals surface area (Å²) < 4.78 is 5.06. The van der Waals surface area contributed by atoms with E-state index >= 15 is 0 Å². The molecule has 1 N–H and O–H groups in total. The van der Waals surface area contributed by atoms with Crippen molar-refractivity contribution in [1.29, 1.82) is 0 Å². The first-order valence-corrected chi connectivity index (χ1v) is 6.83. The van der Waals surface area contributed by atoms with Crippen LogP contribution in [0.1, 0.15) is 49.2 Å². The third-order valence-electron chi connectivity index (χ3n) is 2.86. The van der Waals surface area contributed by atoms with Gasteiger partial charge < -0.3 is 10.1 Å². The highest BCUT2D eigenvalue weighted by molar-refractivity contribution is 6.29. The minimum Gasteiger partial charge on any atom is -0.383 e. The molecule has 0 aliphatic heterocycles. The number of nitrogens with one attached hydrogen (secondary N) is 1. The molecular weight excluding hydrogens is 264 g/mol. The number of hydrogen-bond acceptors (Lipinski definition) is 3. The van der Waals surface area contributed by atoms with E-state index in [1.807, 2.05) is 20.8 Å². The van der Waals surface area contributed by atoms with Crippen LogP contribution in [-0.2, 0) is 4.74 Å². The number of aromatic nitrogens is 1. The van der Waals surface area contributed by atoms with Crippen molar-refractivity contribution >= 4 is 17.5 Å². The van der Waals surface area contributed by atoms with Gasteiger partial charge in [-0.2, -0.15) is 0 Å². The van der Waals surface area contributed by atoms with E-state index in [1.54, 1.807) is 19.2 Å². The Morgan fingerprint density at radius 2 is 2.16 bits per heavy atom. The fourth-order valence-electron chi connectivity index (χ4n) is 1.68. The molecule has 0 saturated heterocycles. The summed E-state index contributed by atoms with van der Waals surface area (Å²) in [7, 11) is 1.62. The molecule has 0 saturated carbocycles. The van der Waals surface area contributed by atoms with Gasteiger partial charge in [0.15, 0.2) is 0 Å². The number of halogens is 1. The topological polar surface area (TPSA) is 51.2 Å². The molecular formula is C14H21ClN2O2. The number of nitrogens with zero attached hydrogens (tertiary/aromatic N) is 1. The number of ether oxygens (including phenoxy) is 1. The minimum atomic E-state index is -0.143. The van der Waals surface area contributed by atoms with Crippen LogP contribution >= 0.6 is 11.6 Å². The highest BCUT2D eigenvalue weighted by Gasteiger charge is 2.14. The van der Waals surface area contributed by atoms with Crippen molar-refractivity contribution in [2.45, 2.75) is 39.2 Å². The molecule has 1 heterocycles. The first-order valence-electron chi connectivity index (χ1n) is 6.45. The van der Waals surface area contributed by atoms with E-state index in [4.69, 9.17) is 16.3 Å². The van der Waals surface area contributed by atoms with Gasteiger partial charge in [-0.15, -0.1) is 0 Å². The van der Waals surface area contributed by atoms with Crippen LogP contribution in [0.2, 0.25) is 5.15 Å². The van der Waals surface area contributed by atoms with Crippen molar-refractivity contribution in [3.05, 3.63) is 28.5 Å². The van der Waals surface area contributed by atoms with Crippen molar-refractivity contribution in [2.24, 2.45) is 0 Å². The second-order valence-corrected chi connectivity index (χ2v) is 5.18.